The van der Waals surface area contributed by atoms with Crippen molar-refractivity contribution in [1.29, 1.82) is 0 Å². The highest BCUT2D eigenvalue weighted by Gasteiger charge is 2.38. The number of rotatable bonds is 9. The third-order valence-corrected chi connectivity index (χ3v) is 4.60. The summed E-state index contributed by atoms with van der Waals surface area (Å²) in [5.74, 6) is -2.31. The van der Waals surface area contributed by atoms with Gasteiger partial charge in [0.25, 0.3) is 0 Å². The van der Waals surface area contributed by atoms with Crippen molar-refractivity contribution in [1.82, 2.24) is 15.5 Å². The molecule has 3 unspecified atom stereocenters. The summed E-state index contributed by atoms with van der Waals surface area (Å²) in [6.07, 6.45) is 1.56. The van der Waals surface area contributed by atoms with Crippen molar-refractivity contribution in [3.63, 3.8) is 0 Å². The van der Waals surface area contributed by atoms with Crippen LogP contribution >= 0.6 is 0 Å². The zero-order valence-electron chi connectivity index (χ0n) is 16.5. The Bertz CT molecular complexity index is 564. The van der Waals surface area contributed by atoms with Gasteiger partial charge in [-0.3, -0.25) is 19.2 Å². The second kappa shape index (κ2) is 10.2. The number of nitrogens with one attached hydrogen (secondary N) is 2. The first-order valence-electron chi connectivity index (χ1n) is 9.40. The van der Waals surface area contributed by atoms with E-state index >= 15 is 0 Å². The standard InChI is InChI=1S/C18H32N4O5/c1-10(2)8-12(16(25)20-9-14(23)24)21-17(26)13-6-5-7-22(13)18(27)15(19)11(3)4/h10-13,15H,5-9,19H2,1-4H3,(H,20,25)(H,21,26)(H,23,24). The van der Waals surface area contributed by atoms with Crippen molar-refractivity contribution in [2.24, 2.45) is 17.6 Å². The Balaban J connectivity index is 2.82. The molecule has 3 atom stereocenters. The minimum absolute atomic E-state index is 0.0442. The van der Waals surface area contributed by atoms with Gasteiger partial charge in [0.2, 0.25) is 17.7 Å². The Morgan fingerprint density at radius 2 is 1.81 bits per heavy atom. The molecule has 0 aromatic carbocycles. The molecule has 1 saturated heterocycles. The number of likely N-dealkylation sites (tertiary alicyclic amines) is 1. The highest BCUT2D eigenvalue weighted by atomic mass is 16.4. The molecule has 3 amide bonds. The second-order valence-electron chi connectivity index (χ2n) is 7.76. The molecule has 0 saturated carbocycles. The van der Waals surface area contributed by atoms with Crippen LogP contribution in [0.2, 0.25) is 0 Å². The average molecular weight is 384 g/mol. The summed E-state index contributed by atoms with van der Waals surface area (Å²) in [5.41, 5.74) is 5.94. The van der Waals surface area contributed by atoms with Crippen molar-refractivity contribution in [2.45, 2.75) is 65.1 Å². The van der Waals surface area contributed by atoms with Gasteiger partial charge in [-0.25, -0.2) is 0 Å². The van der Waals surface area contributed by atoms with Gasteiger partial charge in [-0.15, -0.1) is 0 Å². The van der Waals surface area contributed by atoms with Crippen LogP contribution in [0.15, 0.2) is 0 Å². The number of nitrogens with two attached hydrogens (primary N) is 1. The summed E-state index contributed by atoms with van der Waals surface area (Å²) in [4.78, 5) is 49.7. The van der Waals surface area contributed by atoms with Crippen LogP contribution in [-0.2, 0) is 19.2 Å². The normalized spacial score (nSPS) is 19.1. The summed E-state index contributed by atoms with van der Waals surface area (Å²) in [6.45, 7) is 7.43. The number of amides is 3. The molecule has 0 aromatic rings. The number of nitrogens with zero attached hydrogens (tertiary/aromatic N) is 1. The third-order valence-electron chi connectivity index (χ3n) is 4.60. The van der Waals surface area contributed by atoms with E-state index in [1.807, 2.05) is 27.7 Å². The van der Waals surface area contributed by atoms with Gasteiger partial charge in [0.05, 0.1) is 6.04 Å². The Kier molecular flexibility index (Phi) is 8.68. The van der Waals surface area contributed by atoms with E-state index in [1.54, 1.807) is 0 Å². The monoisotopic (exact) mass is 384 g/mol. The lowest BCUT2D eigenvalue weighted by Crippen LogP contribution is -2.56. The first-order chi connectivity index (χ1) is 12.5. The first-order valence-corrected chi connectivity index (χ1v) is 9.40. The van der Waals surface area contributed by atoms with Gasteiger partial charge in [0.15, 0.2) is 0 Å². The predicted molar refractivity (Wildman–Crippen MR) is 99.6 cm³/mol. The number of carbonyl (C=O) groups excluding carboxylic acids is 3. The molecule has 1 fully saturated rings. The molecule has 0 spiro atoms. The van der Waals surface area contributed by atoms with Crippen molar-refractivity contribution in [2.75, 3.05) is 13.1 Å². The van der Waals surface area contributed by atoms with Gasteiger partial charge in [-0.1, -0.05) is 27.7 Å². The fourth-order valence-electron chi connectivity index (χ4n) is 3.04. The fraction of sp³-hybridized carbons (Fsp3) is 0.778. The molecular weight excluding hydrogens is 352 g/mol. The topological polar surface area (TPSA) is 142 Å². The van der Waals surface area contributed by atoms with Crippen LogP contribution in [0, 0.1) is 11.8 Å². The smallest absolute Gasteiger partial charge is 0.322 e. The van der Waals surface area contributed by atoms with Crippen LogP contribution in [0.1, 0.15) is 47.0 Å². The highest BCUT2D eigenvalue weighted by Crippen LogP contribution is 2.20. The number of hydrogen-bond donors (Lipinski definition) is 4. The number of aliphatic carboxylic acids is 1. The zero-order chi connectivity index (χ0) is 20.7. The molecule has 1 heterocycles. The van der Waals surface area contributed by atoms with Gasteiger partial charge in [-0.2, -0.15) is 0 Å². The maximum atomic E-state index is 12.7. The van der Waals surface area contributed by atoms with Crippen LogP contribution in [0.5, 0.6) is 0 Å². The second-order valence-corrected chi connectivity index (χ2v) is 7.76. The van der Waals surface area contributed by atoms with Crippen molar-refractivity contribution >= 4 is 23.7 Å². The molecule has 9 heteroatoms. The number of carbonyl (C=O) groups is 4. The van der Waals surface area contributed by atoms with E-state index in [9.17, 15) is 19.2 Å². The Hall–Kier alpha value is -2.16. The molecule has 27 heavy (non-hydrogen) atoms. The summed E-state index contributed by atoms with van der Waals surface area (Å²) in [7, 11) is 0. The number of carboxylic acids is 1. The van der Waals surface area contributed by atoms with Gasteiger partial charge in [0, 0.05) is 6.54 Å². The van der Waals surface area contributed by atoms with Crippen LogP contribution in [0.25, 0.3) is 0 Å². The van der Waals surface area contributed by atoms with Crippen molar-refractivity contribution in [3.05, 3.63) is 0 Å². The SMILES string of the molecule is CC(C)CC(NC(=O)C1CCCN1C(=O)C(N)C(C)C)C(=O)NCC(=O)O. The number of carboxylic acid groups (broad SMARTS) is 1. The summed E-state index contributed by atoms with van der Waals surface area (Å²) in [6, 6.07) is -2.19. The van der Waals surface area contributed by atoms with Crippen LogP contribution in [-0.4, -0.2) is 64.9 Å². The molecule has 0 aliphatic carbocycles. The summed E-state index contributed by atoms with van der Waals surface area (Å²) in [5, 5.41) is 13.7. The molecule has 9 nitrogen and oxygen atoms in total. The number of hydrogen-bond acceptors (Lipinski definition) is 5. The molecule has 154 valence electrons. The quantitative estimate of drug-likeness (QED) is 0.430. The Labute approximate surface area is 160 Å². The van der Waals surface area contributed by atoms with E-state index in [-0.39, 0.29) is 17.7 Å². The molecule has 1 aliphatic heterocycles. The molecule has 0 bridgehead atoms. The highest BCUT2D eigenvalue weighted by molar-refractivity contribution is 5.94. The van der Waals surface area contributed by atoms with Gasteiger partial charge >= 0.3 is 5.97 Å². The van der Waals surface area contributed by atoms with E-state index in [0.717, 1.165) is 0 Å². The minimum Gasteiger partial charge on any atom is -0.480 e. The molecule has 1 aliphatic rings. The lowest BCUT2D eigenvalue weighted by atomic mass is 10.0. The van der Waals surface area contributed by atoms with Crippen molar-refractivity contribution < 1.29 is 24.3 Å². The van der Waals surface area contributed by atoms with Crippen molar-refractivity contribution in [3.8, 4) is 0 Å². The maximum Gasteiger partial charge on any atom is 0.322 e. The minimum atomic E-state index is -1.16. The maximum absolute atomic E-state index is 12.7. The van der Waals surface area contributed by atoms with Crippen LogP contribution in [0.4, 0.5) is 0 Å². The van der Waals surface area contributed by atoms with E-state index in [4.69, 9.17) is 10.8 Å². The molecule has 5 N–H and O–H groups in total. The Morgan fingerprint density at radius 1 is 1.19 bits per heavy atom. The summed E-state index contributed by atoms with van der Waals surface area (Å²) >= 11 is 0. The Morgan fingerprint density at radius 3 is 2.33 bits per heavy atom. The summed E-state index contributed by atoms with van der Waals surface area (Å²) < 4.78 is 0. The van der Waals surface area contributed by atoms with Crippen LogP contribution < -0.4 is 16.4 Å². The molecule has 0 aromatic heterocycles. The van der Waals surface area contributed by atoms with E-state index in [1.165, 1.54) is 4.90 Å². The van der Waals surface area contributed by atoms with Gasteiger partial charge in [-0.05, 0) is 31.1 Å². The predicted octanol–water partition coefficient (Wildman–Crippen LogP) is -0.308. The zero-order valence-corrected chi connectivity index (χ0v) is 16.5. The van der Waals surface area contributed by atoms with Crippen LogP contribution in [0.3, 0.4) is 0 Å². The first kappa shape index (κ1) is 22.9. The average Bonchev–Trinajstić information content (AvgIpc) is 3.06. The molecule has 0 radical (unpaired) electrons. The van der Waals surface area contributed by atoms with E-state index in [2.05, 4.69) is 10.6 Å². The van der Waals surface area contributed by atoms with E-state index in [0.29, 0.717) is 25.8 Å². The third kappa shape index (κ3) is 6.82. The largest absolute Gasteiger partial charge is 0.480 e. The lowest BCUT2D eigenvalue weighted by molar-refractivity contribution is -0.141. The van der Waals surface area contributed by atoms with Gasteiger partial charge < -0.3 is 26.4 Å². The van der Waals surface area contributed by atoms with Gasteiger partial charge in [0.1, 0.15) is 18.6 Å². The molecular formula is C18H32N4O5. The van der Waals surface area contributed by atoms with E-state index < -0.39 is 42.5 Å². The fourth-order valence-corrected chi connectivity index (χ4v) is 3.04. The lowest BCUT2D eigenvalue weighted by Gasteiger charge is -2.29. The molecule has 1 rings (SSSR count).